The van der Waals surface area contributed by atoms with Crippen LogP contribution in [0.15, 0.2) is 0 Å². The minimum atomic E-state index is 0.184. The van der Waals surface area contributed by atoms with E-state index in [1.807, 2.05) is 0 Å². The molecule has 0 saturated heterocycles. The van der Waals surface area contributed by atoms with Gasteiger partial charge in [0.05, 0.1) is 6.54 Å². The van der Waals surface area contributed by atoms with Crippen LogP contribution in [-0.2, 0) is 4.79 Å². The number of carbonyl (C=O) groups excluding carboxylic acids is 1. The van der Waals surface area contributed by atoms with Gasteiger partial charge in [0.25, 0.3) is 0 Å². The molecular formula is C14H26N2O. The predicted octanol–water partition coefficient (Wildman–Crippen LogP) is 2.22. The van der Waals surface area contributed by atoms with Gasteiger partial charge in [0.15, 0.2) is 0 Å². The Balaban J connectivity index is 1.44. The molecule has 0 unspecified atom stereocenters. The monoisotopic (exact) mass is 238 g/mol. The predicted molar refractivity (Wildman–Crippen MR) is 69.8 cm³/mol. The Morgan fingerprint density at radius 3 is 2.53 bits per heavy atom. The van der Waals surface area contributed by atoms with Gasteiger partial charge in [0.1, 0.15) is 0 Å². The summed E-state index contributed by atoms with van der Waals surface area (Å²) < 4.78 is 0. The lowest BCUT2D eigenvalue weighted by molar-refractivity contribution is -0.121. The first-order valence-corrected chi connectivity index (χ1v) is 7.34. The van der Waals surface area contributed by atoms with Crippen LogP contribution in [0.5, 0.6) is 0 Å². The highest BCUT2D eigenvalue weighted by molar-refractivity contribution is 5.78. The van der Waals surface area contributed by atoms with Crippen molar-refractivity contribution in [3.05, 3.63) is 0 Å². The molecule has 2 rings (SSSR count). The van der Waals surface area contributed by atoms with Gasteiger partial charge in [-0.15, -0.1) is 0 Å². The summed E-state index contributed by atoms with van der Waals surface area (Å²) in [5.74, 6) is 1.19. The zero-order chi connectivity index (χ0) is 11.9. The summed E-state index contributed by atoms with van der Waals surface area (Å²) in [6.45, 7) is 1.50. The molecule has 3 nitrogen and oxygen atoms in total. The maximum Gasteiger partial charge on any atom is 0.234 e. The van der Waals surface area contributed by atoms with E-state index in [2.05, 4.69) is 10.6 Å². The molecule has 2 saturated carbocycles. The van der Waals surface area contributed by atoms with Crippen LogP contribution in [0.4, 0.5) is 0 Å². The Bertz CT molecular complexity index is 232. The summed E-state index contributed by atoms with van der Waals surface area (Å²) in [4.78, 5) is 11.6. The molecule has 0 heterocycles. The van der Waals surface area contributed by atoms with E-state index in [4.69, 9.17) is 0 Å². The molecule has 0 aromatic heterocycles. The van der Waals surface area contributed by atoms with E-state index >= 15 is 0 Å². The molecule has 98 valence electrons. The summed E-state index contributed by atoms with van der Waals surface area (Å²) in [6, 6.07) is 0.449. The van der Waals surface area contributed by atoms with Crippen molar-refractivity contribution in [2.75, 3.05) is 13.1 Å². The Kier molecular flexibility index (Phi) is 5.30. The molecule has 0 aliphatic heterocycles. The molecule has 0 bridgehead atoms. The second-order valence-corrected chi connectivity index (χ2v) is 5.66. The highest BCUT2D eigenvalue weighted by Crippen LogP contribution is 2.33. The number of nitrogens with one attached hydrogen (secondary N) is 2. The van der Waals surface area contributed by atoms with Gasteiger partial charge in [0, 0.05) is 6.04 Å². The van der Waals surface area contributed by atoms with Crippen molar-refractivity contribution < 1.29 is 4.79 Å². The van der Waals surface area contributed by atoms with E-state index in [1.54, 1.807) is 0 Å². The van der Waals surface area contributed by atoms with Crippen LogP contribution < -0.4 is 10.6 Å². The highest BCUT2D eigenvalue weighted by atomic mass is 16.1. The molecule has 0 aromatic carbocycles. The Labute approximate surface area is 105 Å². The Hall–Kier alpha value is -0.570. The third kappa shape index (κ3) is 5.53. The van der Waals surface area contributed by atoms with Crippen molar-refractivity contribution in [1.29, 1.82) is 0 Å². The smallest absolute Gasteiger partial charge is 0.234 e. The third-order valence-corrected chi connectivity index (χ3v) is 3.92. The molecule has 0 aromatic rings. The van der Waals surface area contributed by atoms with Gasteiger partial charge in [-0.25, -0.2) is 0 Å². The van der Waals surface area contributed by atoms with E-state index < -0.39 is 0 Å². The number of amides is 1. The molecule has 0 radical (unpaired) electrons. The second kappa shape index (κ2) is 7.00. The largest absolute Gasteiger partial charge is 0.352 e. The van der Waals surface area contributed by atoms with E-state index in [-0.39, 0.29) is 5.91 Å². The molecule has 2 N–H and O–H groups in total. The lowest BCUT2D eigenvalue weighted by Crippen LogP contribution is -2.41. The average molecular weight is 238 g/mol. The Morgan fingerprint density at radius 1 is 1.06 bits per heavy atom. The number of rotatable bonds is 7. The van der Waals surface area contributed by atoms with Crippen molar-refractivity contribution in [1.82, 2.24) is 10.6 Å². The maximum absolute atomic E-state index is 11.6. The minimum absolute atomic E-state index is 0.184. The SMILES string of the molecule is O=C(CNCCCC1CC1)NC1CCCCC1. The van der Waals surface area contributed by atoms with Gasteiger partial charge >= 0.3 is 0 Å². The molecule has 3 heteroatoms. The molecule has 0 atom stereocenters. The van der Waals surface area contributed by atoms with Crippen LogP contribution in [0, 0.1) is 5.92 Å². The fourth-order valence-electron chi connectivity index (χ4n) is 2.65. The van der Waals surface area contributed by atoms with Crippen molar-refractivity contribution in [3.63, 3.8) is 0 Å². The van der Waals surface area contributed by atoms with Gasteiger partial charge in [-0.2, -0.15) is 0 Å². The Morgan fingerprint density at radius 2 is 1.82 bits per heavy atom. The van der Waals surface area contributed by atoms with Crippen molar-refractivity contribution in [2.45, 2.75) is 63.8 Å². The van der Waals surface area contributed by atoms with E-state index in [1.165, 1.54) is 57.8 Å². The molecule has 2 aliphatic rings. The van der Waals surface area contributed by atoms with Gasteiger partial charge < -0.3 is 10.6 Å². The second-order valence-electron chi connectivity index (χ2n) is 5.66. The zero-order valence-corrected chi connectivity index (χ0v) is 10.8. The van der Waals surface area contributed by atoms with Crippen LogP contribution in [-0.4, -0.2) is 25.0 Å². The molecule has 2 fully saturated rings. The first kappa shape index (κ1) is 12.9. The average Bonchev–Trinajstić information content (AvgIpc) is 3.14. The summed E-state index contributed by atoms with van der Waals surface area (Å²) in [5.41, 5.74) is 0. The minimum Gasteiger partial charge on any atom is -0.352 e. The van der Waals surface area contributed by atoms with E-state index in [9.17, 15) is 4.79 Å². The summed E-state index contributed by atoms with van der Waals surface area (Å²) in [7, 11) is 0. The van der Waals surface area contributed by atoms with Gasteiger partial charge in [-0.3, -0.25) is 4.79 Å². The normalized spacial score (nSPS) is 21.4. The third-order valence-electron chi connectivity index (χ3n) is 3.92. The van der Waals surface area contributed by atoms with Crippen LogP contribution >= 0.6 is 0 Å². The van der Waals surface area contributed by atoms with Crippen LogP contribution in [0.1, 0.15) is 57.8 Å². The fourth-order valence-corrected chi connectivity index (χ4v) is 2.65. The highest BCUT2D eigenvalue weighted by Gasteiger charge is 2.20. The maximum atomic E-state index is 11.6. The fraction of sp³-hybridized carbons (Fsp3) is 0.929. The molecular weight excluding hydrogens is 212 g/mol. The first-order chi connectivity index (χ1) is 8.34. The standard InChI is InChI=1S/C14H26N2O/c17-14(16-13-6-2-1-3-7-13)11-15-10-4-5-12-8-9-12/h12-13,15H,1-11H2,(H,16,17). The number of carbonyl (C=O) groups is 1. The van der Waals surface area contributed by atoms with Crippen LogP contribution in [0.3, 0.4) is 0 Å². The van der Waals surface area contributed by atoms with E-state index in [0.29, 0.717) is 12.6 Å². The first-order valence-electron chi connectivity index (χ1n) is 7.34. The number of hydrogen-bond acceptors (Lipinski definition) is 2. The van der Waals surface area contributed by atoms with Crippen LogP contribution in [0.25, 0.3) is 0 Å². The lowest BCUT2D eigenvalue weighted by Gasteiger charge is -2.22. The van der Waals surface area contributed by atoms with Crippen molar-refractivity contribution >= 4 is 5.91 Å². The lowest BCUT2D eigenvalue weighted by atomic mass is 9.95. The molecule has 0 spiro atoms. The van der Waals surface area contributed by atoms with Crippen molar-refractivity contribution in [3.8, 4) is 0 Å². The van der Waals surface area contributed by atoms with Gasteiger partial charge in [-0.1, -0.05) is 32.1 Å². The molecule has 2 aliphatic carbocycles. The number of hydrogen-bond donors (Lipinski definition) is 2. The van der Waals surface area contributed by atoms with Gasteiger partial charge in [0.2, 0.25) is 5.91 Å². The summed E-state index contributed by atoms with van der Waals surface area (Å²) in [5, 5.41) is 6.38. The molecule has 17 heavy (non-hydrogen) atoms. The zero-order valence-electron chi connectivity index (χ0n) is 10.8. The van der Waals surface area contributed by atoms with Gasteiger partial charge in [-0.05, 0) is 38.1 Å². The topological polar surface area (TPSA) is 41.1 Å². The van der Waals surface area contributed by atoms with E-state index in [0.717, 1.165) is 12.5 Å². The summed E-state index contributed by atoms with van der Waals surface area (Å²) >= 11 is 0. The summed E-state index contributed by atoms with van der Waals surface area (Å²) in [6.07, 6.45) is 11.7. The quantitative estimate of drug-likeness (QED) is 0.668. The molecule has 1 amide bonds. The van der Waals surface area contributed by atoms with Crippen LogP contribution in [0.2, 0.25) is 0 Å². The van der Waals surface area contributed by atoms with Crippen molar-refractivity contribution in [2.24, 2.45) is 5.92 Å².